The van der Waals surface area contributed by atoms with Crippen molar-refractivity contribution in [2.75, 3.05) is 13.2 Å². The number of aliphatic hydroxyl groups excluding tert-OH is 7. The number of carbonyl (C=O) groups excluding carboxylic acids is 1. The van der Waals surface area contributed by atoms with E-state index in [4.69, 9.17) is 9.47 Å². The van der Waals surface area contributed by atoms with Crippen molar-refractivity contribution in [2.45, 2.75) is 377 Å². The topological polar surface area (TPSA) is 189 Å². The van der Waals surface area contributed by atoms with Gasteiger partial charge in [0.1, 0.15) is 36.6 Å². The first kappa shape index (κ1) is 75.3. The molecule has 0 aromatic carbocycles. The van der Waals surface area contributed by atoms with Gasteiger partial charge in [-0.15, -0.1) is 0 Å². The third-order valence-electron chi connectivity index (χ3n) is 16.4. The predicted octanol–water partition coefficient (Wildman–Crippen LogP) is 15.8. The molecule has 1 heterocycles. The molecule has 0 aromatic rings. The molecular formula is C68H129NO10. The summed E-state index contributed by atoms with van der Waals surface area (Å²) in [5.41, 5.74) is 0. The molecule has 8 N–H and O–H groups in total. The maximum absolute atomic E-state index is 13.2. The lowest BCUT2D eigenvalue weighted by molar-refractivity contribution is -0.303. The van der Waals surface area contributed by atoms with Crippen LogP contribution in [0.2, 0.25) is 0 Å². The lowest BCUT2D eigenvalue weighted by Crippen LogP contribution is -2.60. The number of rotatable bonds is 59. The van der Waals surface area contributed by atoms with Gasteiger partial charge in [0.25, 0.3) is 0 Å². The van der Waals surface area contributed by atoms with Crippen molar-refractivity contribution >= 4 is 5.91 Å². The summed E-state index contributed by atoms with van der Waals surface area (Å²) in [6.45, 7) is 3.48. The fourth-order valence-corrected chi connectivity index (χ4v) is 10.9. The summed E-state index contributed by atoms with van der Waals surface area (Å²) in [4.78, 5) is 13.2. The second kappa shape index (κ2) is 56.8. The Morgan fingerprint density at radius 2 is 0.759 bits per heavy atom. The highest BCUT2D eigenvalue weighted by Crippen LogP contribution is 2.24. The maximum atomic E-state index is 13.2. The van der Waals surface area contributed by atoms with Crippen molar-refractivity contribution < 1.29 is 50.0 Å². The van der Waals surface area contributed by atoms with Gasteiger partial charge in [-0.25, -0.2) is 0 Å². The molecule has 1 amide bonds. The van der Waals surface area contributed by atoms with E-state index < -0.39 is 74.2 Å². The van der Waals surface area contributed by atoms with Crippen molar-refractivity contribution in [1.82, 2.24) is 5.32 Å². The van der Waals surface area contributed by atoms with E-state index in [0.717, 1.165) is 44.9 Å². The minimum atomic E-state index is -1.67. The van der Waals surface area contributed by atoms with Crippen molar-refractivity contribution in [2.24, 2.45) is 0 Å². The molecule has 11 heteroatoms. The highest BCUT2D eigenvalue weighted by atomic mass is 16.7. The van der Waals surface area contributed by atoms with Gasteiger partial charge in [-0.05, 0) is 77.0 Å². The van der Waals surface area contributed by atoms with Gasteiger partial charge < -0.3 is 50.5 Å². The van der Waals surface area contributed by atoms with Crippen LogP contribution in [0.3, 0.4) is 0 Å². The summed E-state index contributed by atoms with van der Waals surface area (Å²) < 4.78 is 11.2. The van der Waals surface area contributed by atoms with Crippen LogP contribution in [0, 0.1) is 0 Å². The molecule has 466 valence electrons. The molecule has 0 saturated carbocycles. The van der Waals surface area contributed by atoms with Crippen LogP contribution in [0.1, 0.15) is 322 Å². The summed E-state index contributed by atoms with van der Waals surface area (Å²) in [6, 6.07) is -1.19. The monoisotopic (exact) mass is 1120 g/mol. The third kappa shape index (κ3) is 44.5. The molecule has 0 spiro atoms. The fraction of sp³-hybridized carbons (Fsp3) is 0.897. The summed E-state index contributed by atoms with van der Waals surface area (Å²) in [7, 11) is 0. The van der Waals surface area contributed by atoms with E-state index in [1.54, 1.807) is 0 Å². The predicted molar refractivity (Wildman–Crippen MR) is 330 cm³/mol. The zero-order valence-electron chi connectivity index (χ0n) is 51.4. The molecule has 1 aliphatic heterocycles. The quantitative estimate of drug-likeness (QED) is 0.0215. The van der Waals surface area contributed by atoms with E-state index in [-0.39, 0.29) is 12.8 Å². The molecule has 1 rings (SSSR count). The van der Waals surface area contributed by atoms with Crippen LogP contribution in [0.5, 0.6) is 0 Å². The molecule has 0 aliphatic carbocycles. The molecule has 1 fully saturated rings. The van der Waals surface area contributed by atoms with E-state index >= 15 is 0 Å². The average molecular weight is 1120 g/mol. The highest BCUT2D eigenvalue weighted by Gasteiger charge is 2.44. The van der Waals surface area contributed by atoms with Gasteiger partial charge in [-0.2, -0.15) is 0 Å². The molecule has 11 nitrogen and oxygen atoms in total. The van der Waals surface area contributed by atoms with Gasteiger partial charge in [0.15, 0.2) is 6.29 Å². The number of hydrogen-bond donors (Lipinski definition) is 8. The molecule has 0 bridgehead atoms. The Balaban J connectivity index is 2.26. The zero-order valence-corrected chi connectivity index (χ0v) is 51.4. The number of hydrogen-bond acceptors (Lipinski definition) is 10. The number of allylic oxidation sites excluding steroid dienone is 6. The van der Waals surface area contributed by atoms with E-state index in [2.05, 4.69) is 55.6 Å². The van der Waals surface area contributed by atoms with Gasteiger partial charge >= 0.3 is 0 Å². The Kier molecular flexibility index (Phi) is 54.2. The van der Waals surface area contributed by atoms with Crippen LogP contribution >= 0.6 is 0 Å². The zero-order chi connectivity index (χ0) is 57.5. The Bertz CT molecular complexity index is 1380. The summed E-state index contributed by atoms with van der Waals surface area (Å²) in [6.07, 6.45) is 60.8. The second-order valence-electron chi connectivity index (χ2n) is 23.9. The Labute approximate surface area is 486 Å². The third-order valence-corrected chi connectivity index (χ3v) is 16.4. The van der Waals surface area contributed by atoms with Gasteiger partial charge in [-0.1, -0.05) is 281 Å². The lowest BCUT2D eigenvalue weighted by atomic mass is 9.98. The second-order valence-corrected chi connectivity index (χ2v) is 23.9. The van der Waals surface area contributed by atoms with Crippen LogP contribution in [0.25, 0.3) is 0 Å². The summed E-state index contributed by atoms with van der Waals surface area (Å²) in [5.74, 6) is -0.710. The van der Waals surface area contributed by atoms with E-state index in [1.807, 2.05) is 0 Å². The largest absolute Gasteiger partial charge is 0.394 e. The molecule has 1 saturated heterocycles. The highest BCUT2D eigenvalue weighted by molar-refractivity contribution is 5.80. The van der Waals surface area contributed by atoms with Gasteiger partial charge in [0.05, 0.1) is 25.4 Å². The van der Waals surface area contributed by atoms with Crippen molar-refractivity contribution in [3.63, 3.8) is 0 Å². The Hall–Kier alpha value is -1.67. The van der Waals surface area contributed by atoms with Crippen LogP contribution in [-0.4, -0.2) is 110 Å². The first-order valence-corrected chi connectivity index (χ1v) is 33.9. The summed E-state index contributed by atoms with van der Waals surface area (Å²) >= 11 is 0. The molecule has 0 aromatic heterocycles. The number of carbonyl (C=O) groups is 1. The van der Waals surface area contributed by atoms with Gasteiger partial charge in [0, 0.05) is 0 Å². The molecule has 0 radical (unpaired) electrons. The Morgan fingerprint density at radius 3 is 1.13 bits per heavy atom. The standard InChI is InChI=1S/C68H129NO10/c1-3-5-7-9-11-13-15-17-19-21-23-25-27-28-29-30-31-32-34-35-37-39-41-43-45-47-49-51-53-55-60(71)63(73)59(58-78-68-66(76)65(75)64(74)62(57-70)79-68)69-67(77)61(72)56-54-52-50-48-46-44-42-40-38-36-33-26-24-22-20-18-16-14-12-10-8-6-4-2/h36,38-39,41,47,49,59-66,68,70-76H,3-35,37,40,42-46,48,50-58H2,1-2H3,(H,69,77)/b38-36-,41-39+,49-47+. The van der Waals surface area contributed by atoms with E-state index in [9.17, 15) is 40.5 Å². The van der Waals surface area contributed by atoms with Crippen molar-refractivity contribution in [3.8, 4) is 0 Å². The molecule has 9 atom stereocenters. The number of unbranched alkanes of at least 4 members (excludes halogenated alkanes) is 41. The number of amides is 1. The number of nitrogens with one attached hydrogen (secondary N) is 1. The first-order valence-electron chi connectivity index (χ1n) is 33.9. The van der Waals surface area contributed by atoms with E-state index in [0.29, 0.717) is 19.3 Å². The maximum Gasteiger partial charge on any atom is 0.249 e. The number of ether oxygens (including phenoxy) is 2. The van der Waals surface area contributed by atoms with Crippen LogP contribution in [0.15, 0.2) is 36.5 Å². The van der Waals surface area contributed by atoms with Crippen molar-refractivity contribution in [3.05, 3.63) is 36.5 Å². The minimum Gasteiger partial charge on any atom is -0.394 e. The number of aliphatic hydroxyl groups is 7. The van der Waals surface area contributed by atoms with Crippen LogP contribution in [-0.2, 0) is 14.3 Å². The van der Waals surface area contributed by atoms with Gasteiger partial charge in [0.2, 0.25) is 5.91 Å². The SMILES string of the molecule is CCCCCCCCCCCCCC/C=C\CCCCCCCCCC(O)C(=O)NC(COC1OC(CO)C(O)C(O)C1O)C(O)C(O)CCC/C=C/CC/C=C/CCCCCCCCCCCCCCCCCCCCCC. The molecule has 79 heavy (non-hydrogen) atoms. The first-order chi connectivity index (χ1) is 38.7. The average Bonchev–Trinajstić information content (AvgIpc) is 3.46. The molecule has 9 unspecified atom stereocenters. The normalized spacial score (nSPS) is 19.5. The van der Waals surface area contributed by atoms with Crippen LogP contribution in [0.4, 0.5) is 0 Å². The smallest absolute Gasteiger partial charge is 0.249 e. The molecular weight excluding hydrogens is 991 g/mol. The van der Waals surface area contributed by atoms with Gasteiger partial charge in [-0.3, -0.25) is 4.79 Å². The lowest BCUT2D eigenvalue weighted by Gasteiger charge is -2.40. The van der Waals surface area contributed by atoms with Crippen LogP contribution < -0.4 is 5.32 Å². The minimum absolute atomic E-state index is 0.246. The Morgan fingerprint density at radius 1 is 0.430 bits per heavy atom. The van der Waals surface area contributed by atoms with E-state index in [1.165, 1.54) is 231 Å². The summed E-state index contributed by atoms with van der Waals surface area (Å²) in [5, 5.41) is 76.4. The molecule has 1 aliphatic rings. The fourth-order valence-electron chi connectivity index (χ4n) is 10.9. The van der Waals surface area contributed by atoms with Crippen molar-refractivity contribution in [1.29, 1.82) is 0 Å².